The molecule has 0 aliphatic carbocycles. The van der Waals surface area contributed by atoms with Crippen LogP contribution in [0.3, 0.4) is 0 Å². The van der Waals surface area contributed by atoms with Crippen molar-refractivity contribution in [3.8, 4) is 0 Å². The Labute approximate surface area is 147 Å². The van der Waals surface area contributed by atoms with Crippen LogP contribution in [0.15, 0.2) is 30.3 Å². The van der Waals surface area contributed by atoms with Crippen LogP contribution in [0.5, 0.6) is 0 Å². The maximum Gasteiger partial charge on any atom is 0.356 e. The number of thiocarbonyl (C=S) groups is 1. The predicted octanol–water partition coefficient (Wildman–Crippen LogP) is 2.45. The SMILES string of the molecule is CCOC(=O)C(CC(C)C)C(=S)NCNOC(=O)c1ccccc1. The Morgan fingerprint density at radius 3 is 2.46 bits per heavy atom. The highest BCUT2D eigenvalue weighted by atomic mass is 32.1. The second kappa shape index (κ2) is 10.7. The standard InChI is InChI=1S/C17H24N2O4S/c1-4-22-17(21)14(10-12(2)3)15(24)18-11-19-23-16(20)13-8-6-5-7-9-13/h5-9,12,14,19H,4,10-11H2,1-3H3,(H,18,24). The van der Waals surface area contributed by atoms with E-state index in [-0.39, 0.29) is 12.6 Å². The van der Waals surface area contributed by atoms with E-state index >= 15 is 0 Å². The third kappa shape index (κ3) is 7.06. The molecule has 0 aliphatic rings. The molecule has 24 heavy (non-hydrogen) atoms. The van der Waals surface area contributed by atoms with Gasteiger partial charge in [-0.2, -0.15) is 0 Å². The molecule has 0 fully saturated rings. The van der Waals surface area contributed by atoms with Gasteiger partial charge in [0, 0.05) is 0 Å². The first-order valence-corrected chi connectivity index (χ1v) is 8.30. The Morgan fingerprint density at radius 2 is 1.88 bits per heavy atom. The van der Waals surface area contributed by atoms with Crippen molar-refractivity contribution in [2.45, 2.75) is 27.2 Å². The van der Waals surface area contributed by atoms with E-state index in [2.05, 4.69) is 10.8 Å². The summed E-state index contributed by atoms with van der Waals surface area (Å²) in [4.78, 5) is 29.0. The van der Waals surface area contributed by atoms with Crippen LogP contribution in [0.1, 0.15) is 37.6 Å². The molecule has 132 valence electrons. The summed E-state index contributed by atoms with van der Waals surface area (Å²) < 4.78 is 5.06. The van der Waals surface area contributed by atoms with Crippen LogP contribution in [0.25, 0.3) is 0 Å². The van der Waals surface area contributed by atoms with E-state index in [9.17, 15) is 9.59 Å². The van der Waals surface area contributed by atoms with Gasteiger partial charge in [-0.15, -0.1) is 5.48 Å². The molecule has 0 saturated heterocycles. The minimum absolute atomic E-state index is 0.103. The van der Waals surface area contributed by atoms with Crippen molar-refractivity contribution in [2.24, 2.45) is 11.8 Å². The van der Waals surface area contributed by atoms with E-state index in [4.69, 9.17) is 21.8 Å². The van der Waals surface area contributed by atoms with Crippen molar-refractivity contribution in [2.75, 3.05) is 13.3 Å². The smallest absolute Gasteiger partial charge is 0.356 e. The fraction of sp³-hybridized carbons (Fsp3) is 0.471. The Morgan fingerprint density at radius 1 is 1.21 bits per heavy atom. The summed E-state index contributed by atoms with van der Waals surface area (Å²) in [6.07, 6.45) is 0.592. The minimum Gasteiger partial charge on any atom is -0.465 e. The van der Waals surface area contributed by atoms with E-state index in [1.807, 2.05) is 19.9 Å². The fourth-order valence-corrected chi connectivity index (χ4v) is 2.27. The van der Waals surface area contributed by atoms with Crippen LogP contribution >= 0.6 is 12.2 Å². The van der Waals surface area contributed by atoms with Gasteiger partial charge >= 0.3 is 11.9 Å². The number of rotatable bonds is 9. The molecule has 0 aromatic heterocycles. The van der Waals surface area contributed by atoms with Gasteiger partial charge in [-0.05, 0) is 31.4 Å². The molecule has 1 aromatic rings. The maximum absolute atomic E-state index is 12.0. The summed E-state index contributed by atoms with van der Waals surface area (Å²) >= 11 is 5.26. The molecular formula is C17H24N2O4S. The van der Waals surface area contributed by atoms with E-state index in [0.717, 1.165) is 0 Å². The van der Waals surface area contributed by atoms with Gasteiger partial charge in [0.1, 0.15) is 12.6 Å². The van der Waals surface area contributed by atoms with Crippen LogP contribution in [-0.4, -0.2) is 30.2 Å². The first-order valence-electron chi connectivity index (χ1n) is 7.89. The summed E-state index contributed by atoms with van der Waals surface area (Å²) in [7, 11) is 0. The van der Waals surface area contributed by atoms with Crippen molar-refractivity contribution in [3.05, 3.63) is 35.9 Å². The van der Waals surface area contributed by atoms with Crippen molar-refractivity contribution >= 4 is 29.1 Å². The topological polar surface area (TPSA) is 76.7 Å². The van der Waals surface area contributed by atoms with Gasteiger partial charge < -0.3 is 14.9 Å². The van der Waals surface area contributed by atoms with Gasteiger partial charge in [0.05, 0.1) is 17.2 Å². The molecule has 0 saturated carbocycles. The van der Waals surface area contributed by atoms with Gasteiger partial charge in [-0.25, -0.2) is 4.79 Å². The van der Waals surface area contributed by atoms with Crippen LogP contribution in [0.2, 0.25) is 0 Å². The number of benzene rings is 1. The van der Waals surface area contributed by atoms with E-state index in [1.54, 1.807) is 31.2 Å². The Kier molecular flexibility index (Phi) is 8.96. The van der Waals surface area contributed by atoms with Crippen LogP contribution in [-0.2, 0) is 14.4 Å². The molecule has 0 heterocycles. The lowest BCUT2D eigenvalue weighted by molar-refractivity contribution is -0.146. The first kappa shape index (κ1) is 20.1. The fourth-order valence-electron chi connectivity index (χ4n) is 2.01. The number of nitrogens with one attached hydrogen (secondary N) is 2. The number of hydrogen-bond acceptors (Lipinski definition) is 6. The molecule has 0 aliphatic heterocycles. The number of hydrogen-bond donors (Lipinski definition) is 2. The van der Waals surface area contributed by atoms with Gasteiger partial charge in [0.25, 0.3) is 0 Å². The van der Waals surface area contributed by atoms with Crippen molar-refractivity contribution < 1.29 is 19.2 Å². The summed E-state index contributed by atoms with van der Waals surface area (Å²) in [5.74, 6) is -1.05. The number of esters is 1. The quantitative estimate of drug-likeness (QED) is 0.232. The molecule has 1 rings (SSSR count). The number of hydroxylamine groups is 1. The van der Waals surface area contributed by atoms with Crippen LogP contribution in [0, 0.1) is 11.8 Å². The molecule has 0 bridgehead atoms. The zero-order valence-corrected chi connectivity index (χ0v) is 15.0. The Balaban J connectivity index is 2.42. The predicted molar refractivity (Wildman–Crippen MR) is 95.2 cm³/mol. The number of carbonyl (C=O) groups is 2. The lowest BCUT2D eigenvalue weighted by atomic mass is 9.97. The molecule has 1 atom stereocenters. The molecular weight excluding hydrogens is 328 g/mol. The molecule has 1 aromatic carbocycles. The highest BCUT2D eigenvalue weighted by molar-refractivity contribution is 7.80. The highest BCUT2D eigenvalue weighted by Crippen LogP contribution is 2.14. The average molecular weight is 352 g/mol. The van der Waals surface area contributed by atoms with Gasteiger partial charge in [-0.1, -0.05) is 44.3 Å². The van der Waals surface area contributed by atoms with Gasteiger partial charge in [0.15, 0.2) is 0 Å². The summed E-state index contributed by atoms with van der Waals surface area (Å²) in [5.41, 5.74) is 2.93. The van der Waals surface area contributed by atoms with Gasteiger partial charge in [0.2, 0.25) is 0 Å². The zero-order chi connectivity index (χ0) is 17.9. The molecule has 0 spiro atoms. The van der Waals surface area contributed by atoms with E-state index < -0.39 is 11.9 Å². The molecule has 1 unspecified atom stereocenters. The summed E-state index contributed by atoms with van der Waals surface area (Å²) in [5, 5.41) is 2.88. The second-order valence-electron chi connectivity index (χ2n) is 5.55. The van der Waals surface area contributed by atoms with Crippen molar-refractivity contribution in [3.63, 3.8) is 0 Å². The number of ether oxygens (including phenoxy) is 1. The zero-order valence-electron chi connectivity index (χ0n) is 14.2. The largest absolute Gasteiger partial charge is 0.465 e. The summed E-state index contributed by atoms with van der Waals surface area (Å²) in [6.45, 7) is 6.18. The Hall–Kier alpha value is -1.99. The lowest BCUT2D eigenvalue weighted by Gasteiger charge is -2.19. The highest BCUT2D eigenvalue weighted by Gasteiger charge is 2.25. The third-order valence-corrected chi connectivity index (χ3v) is 3.53. The van der Waals surface area contributed by atoms with Crippen molar-refractivity contribution in [1.82, 2.24) is 10.8 Å². The first-order chi connectivity index (χ1) is 11.5. The van der Waals surface area contributed by atoms with Crippen molar-refractivity contribution in [1.29, 1.82) is 0 Å². The van der Waals surface area contributed by atoms with E-state index in [1.165, 1.54) is 0 Å². The number of carbonyl (C=O) groups excluding carboxylic acids is 2. The summed E-state index contributed by atoms with van der Waals surface area (Å²) in [6, 6.07) is 8.62. The normalized spacial score (nSPS) is 11.7. The molecule has 2 N–H and O–H groups in total. The van der Waals surface area contributed by atoms with Crippen LogP contribution < -0.4 is 10.8 Å². The Bertz CT molecular complexity index is 549. The van der Waals surface area contributed by atoms with Gasteiger partial charge in [-0.3, -0.25) is 4.79 Å². The van der Waals surface area contributed by atoms with Crippen LogP contribution in [0.4, 0.5) is 0 Å². The molecule has 6 nitrogen and oxygen atoms in total. The third-order valence-electron chi connectivity index (χ3n) is 3.10. The van der Waals surface area contributed by atoms with E-state index in [0.29, 0.717) is 29.5 Å². The second-order valence-corrected chi connectivity index (χ2v) is 5.99. The molecule has 0 amide bonds. The minimum atomic E-state index is -0.508. The average Bonchev–Trinajstić information content (AvgIpc) is 2.57. The molecule has 7 heteroatoms. The maximum atomic E-state index is 12.0. The monoisotopic (exact) mass is 352 g/mol. The molecule has 0 radical (unpaired) electrons. The lowest BCUT2D eigenvalue weighted by Crippen LogP contribution is -2.41.